The van der Waals surface area contributed by atoms with Gasteiger partial charge in [0.05, 0.1) is 12.5 Å². The molecule has 0 aromatic heterocycles. The van der Waals surface area contributed by atoms with E-state index in [0.717, 1.165) is 24.6 Å². The zero-order valence-corrected chi connectivity index (χ0v) is 12.7. The molecule has 5 heteroatoms. The Bertz CT molecular complexity index is 260. The zero-order chi connectivity index (χ0) is 13.1. The number of aliphatic carboxylic acids is 1. The van der Waals surface area contributed by atoms with Crippen molar-refractivity contribution in [1.82, 2.24) is 0 Å². The molecule has 0 aromatic rings. The van der Waals surface area contributed by atoms with Crippen LogP contribution in [-0.2, 0) is 9.22 Å². The molecule has 0 bridgehead atoms. The van der Waals surface area contributed by atoms with Gasteiger partial charge < -0.3 is 9.53 Å². The van der Waals surface area contributed by atoms with Crippen LogP contribution in [0.5, 0.6) is 0 Å². The fraction of sp³-hybridized carbons (Fsp3) is 0.917. The molecule has 0 heterocycles. The largest absolute Gasteiger partial charge is 0.481 e. The Morgan fingerprint density at radius 1 is 1.41 bits per heavy atom. The van der Waals surface area contributed by atoms with Crippen LogP contribution >= 0.6 is 11.6 Å². The molecule has 0 aliphatic heterocycles. The summed E-state index contributed by atoms with van der Waals surface area (Å²) in [6.07, 6.45) is 0.838. The maximum Gasteiger partial charge on any atom is 0.305 e. The number of carboxylic acids is 1. The van der Waals surface area contributed by atoms with Gasteiger partial charge in [-0.3, -0.25) is 4.79 Å². The third kappa shape index (κ3) is 3.97. The highest BCUT2D eigenvalue weighted by molar-refractivity contribution is 6.73. The molecule has 1 saturated carbocycles. The minimum atomic E-state index is -1.72. The quantitative estimate of drug-likeness (QED) is 0.546. The van der Waals surface area contributed by atoms with E-state index in [1.165, 1.54) is 0 Å². The molecule has 0 spiro atoms. The minimum absolute atomic E-state index is 0.0998. The van der Waals surface area contributed by atoms with Crippen molar-refractivity contribution in [3.05, 3.63) is 0 Å². The Balaban J connectivity index is 2.67. The van der Waals surface area contributed by atoms with Gasteiger partial charge in [0.25, 0.3) is 0 Å². The lowest BCUT2D eigenvalue weighted by Crippen LogP contribution is -2.41. The van der Waals surface area contributed by atoms with Crippen molar-refractivity contribution in [2.45, 2.75) is 63.2 Å². The second-order valence-electron chi connectivity index (χ2n) is 4.91. The van der Waals surface area contributed by atoms with Gasteiger partial charge in [-0.25, -0.2) is 0 Å². The number of hydrogen-bond donors (Lipinski definition) is 1. The standard InChI is InChI=1S/C12H23ClO3Si/c1-4-17(5-2,6-3)16-11(8-12(14)15)9-7-10(9)13/h9-11H,4-8H2,1-3H3,(H,14,15)/t9-,10-,11-/m1/s1. The molecule has 1 N–H and O–H groups in total. The van der Waals surface area contributed by atoms with Gasteiger partial charge in [-0.15, -0.1) is 11.6 Å². The van der Waals surface area contributed by atoms with E-state index in [1.54, 1.807) is 0 Å². The molecule has 1 aliphatic rings. The van der Waals surface area contributed by atoms with E-state index in [0.29, 0.717) is 0 Å². The molecule has 17 heavy (non-hydrogen) atoms. The highest BCUT2D eigenvalue weighted by atomic mass is 35.5. The first-order valence-electron chi connectivity index (χ1n) is 6.51. The van der Waals surface area contributed by atoms with E-state index in [4.69, 9.17) is 21.1 Å². The number of hydrogen-bond acceptors (Lipinski definition) is 2. The molecule has 1 aliphatic carbocycles. The topological polar surface area (TPSA) is 46.5 Å². The molecule has 0 unspecified atom stereocenters. The molecule has 3 nitrogen and oxygen atoms in total. The Morgan fingerprint density at radius 2 is 1.88 bits per heavy atom. The molecule has 0 aromatic carbocycles. The van der Waals surface area contributed by atoms with Crippen LogP contribution in [0.2, 0.25) is 18.1 Å². The van der Waals surface area contributed by atoms with Crippen molar-refractivity contribution in [1.29, 1.82) is 0 Å². The fourth-order valence-corrected chi connectivity index (χ4v) is 5.61. The Kier molecular flexibility index (Phi) is 5.47. The lowest BCUT2D eigenvalue weighted by atomic mass is 10.2. The maximum absolute atomic E-state index is 10.9. The second kappa shape index (κ2) is 6.21. The van der Waals surface area contributed by atoms with Crippen LogP contribution in [0.25, 0.3) is 0 Å². The van der Waals surface area contributed by atoms with Crippen LogP contribution in [0.3, 0.4) is 0 Å². The highest BCUT2D eigenvalue weighted by Gasteiger charge is 2.46. The van der Waals surface area contributed by atoms with Gasteiger partial charge in [0.1, 0.15) is 0 Å². The third-order valence-corrected chi connectivity index (χ3v) is 9.12. The Labute approximate surface area is 110 Å². The summed E-state index contributed by atoms with van der Waals surface area (Å²) in [6, 6.07) is 3.15. The predicted octanol–water partition coefficient (Wildman–Crippen LogP) is 3.48. The Morgan fingerprint density at radius 3 is 2.18 bits per heavy atom. The van der Waals surface area contributed by atoms with E-state index in [-0.39, 0.29) is 23.8 Å². The lowest BCUT2D eigenvalue weighted by Gasteiger charge is -2.33. The van der Waals surface area contributed by atoms with Crippen molar-refractivity contribution >= 4 is 25.9 Å². The van der Waals surface area contributed by atoms with E-state index in [9.17, 15) is 4.79 Å². The number of alkyl halides is 1. The van der Waals surface area contributed by atoms with Gasteiger partial charge in [0.2, 0.25) is 0 Å². The molecule has 100 valence electrons. The van der Waals surface area contributed by atoms with Gasteiger partial charge in [-0.2, -0.15) is 0 Å². The summed E-state index contributed by atoms with van der Waals surface area (Å²) in [5, 5.41) is 9.08. The monoisotopic (exact) mass is 278 g/mol. The maximum atomic E-state index is 10.9. The van der Waals surface area contributed by atoms with Crippen LogP contribution in [-0.4, -0.2) is 30.9 Å². The fourth-order valence-electron chi connectivity index (χ4n) is 2.34. The highest BCUT2D eigenvalue weighted by Crippen LogP contribution is 2.43. The second-order valence-corrected chi connectivity index (χ2v) is 10.2. The predicted molar refractivity (Wildman–Crippen MR) is 72.1 cm³/mol. The summed E-state index contributed by atoms with van der Waals surface area (Å²) in [5.74, 6) is -0.527. The summed E-state index contributed by atoms with van der Waals surface area (Å²) in [7, 11) is -1.72. The molecule has 3 atom stereocenters. The van der Waals surface area contributed by atoms with Crippen LogP contribution in [0.15, 0.2) is 0 Å². The van der Waals surface area contributed by atoms with E-state index < -0.39 is 14.3 Å². The van der Waals surface area contributed by atoms with Crippen LogP contribution in [0, 0.1) is 5.92 Å². The molecular formula is C12H23ClO3Si. The van der Waals surface area contributed by atoms with Crippen molar-refractivity contribution in [3.8, 4) is 0 Å². The first kappa shape index (κ1) is 15.0. The van der Waals surface area contributed by atoms with Crippen molar-refractivity contribution in [2.75, 3.05) is 0 Å². The molecule has 0 amide bonds. The van der Waals surface area contributed by atoms with Crippen molar-refractivity contribution in [3.63, 3.8) is 0 Å². The molecule has 0 radical (unpaired) electrons. The number of carbonyl (C=O) groups is 1. The average Bonchev–Trinajstić information content (AvgIpc) is 3.02. The average molecular weight is 279 g/mol. The van der Waals surface area contributed by atoms with Crippen LogP contribution in [0.1, 0.15) is 33.6 Å². The lowest BCUT2D eigenvalue weighted by molar-refractivity contribution is -0.139. The molecule has 1 fully saturated rings. The normalized spacial score (nSPS) is 25.6. The summed E-state index contributed by atoms with van der Waals surface area (Å²) in [6.45, 7) is 6.46. The first-order valence-corrected chi connectivity index (χ1v) is 9.48. The summed E-state index contributed by atoms with van der Waals surface area (Å²) in [4.78, 5) is 10.9. The van der Waals surface area contributed by atoms with Crippen molar-refractivity contribution < 1.29 is 14.3 Å². The van der Waals surface area contributed by atoms with E-state index >= 15 is 0 Å². The van der Waals surface area contributed by atoms with Crippen LogP contribution in [0.4, 0.5) is 0 Å². The van der Waals surface area contributed by atoms with Gasteiger partial charge in [-0.1, -0.05) is 20.8 Å². The molecule has 1 rings (SSSR count). The SMILES string of the molecule is CC[Si](CC)(CC)O[C@H](CC(=O)O)[C@@H]1C[C@H]1Cl. The summed E-state index contributed by atoms with van der Waals surface area (Å²) >= 11 is 6.03. The Hall–Kier alpha value is -0.0631. The van der Waals surface area contributed by atoms with Crippen LogP contribution < -0.4 is 0 Å². The zero-order valence-electron chi connectivity index (χ0n) is 10.9. The third-order valence-electron chi connectivity index (χ3n) is 3.95. The number of carboxylic acid groups (broad SMARTS) is 1. The van der Waals surface area contributed by atoms with Gasteiger partial charge in [0.15, 0.2) is 8.32 Å². The van der Waals surface area contributed by atoms with Crippen molar-refractivity contribution in [2.24, 2.45) is 5.92 Å². The molecular weight excluding hydrogens is 256 g/mol. The minimum Gasteiger partial charge on any atom is -0.481 e. The van der Waals surface area contributed by atoms with E-state index in [2.05, 4.69) is 20.8 Å². The molecule has 0 saturated heterocycles. The summed E-state index contributed by atoms with van der Waals surface area (Å²) in [5.41, 5.74) is 0. The first-order chi connectivity index (χ1) is 7.98. The number of rotatable bonds is 8. The number of halogens is 1. The van der Waals surface area contributed by atoms with Gasteiger partial charge in [0, 0.05) is 11.3 Å². The van der Waals surface area contributed by atoms with Gasteiger partial charge in [-0.05, 0) is 24.6 Å². The summed E-state index contributed by atoms with van der Waals surface area (Å²) < 4.78 is 6.26. The van der Waals surface area contributed by atoms with Gasteiger partial charge >= 0.3 is 5.97 Å². The van der Waals surface area contributed by atoms with E-state index in [1.807, 2.05) is 0 Å². The smallest absolute Gasteiger partial charge is 0.305 e.